The largest absolute Gasteiger partial charge is 0.365 e. The van der Waals surface area contributed by atoms with Gasteiger partial charge in [0.15, 0.2) is 0 Å². The van der Waals surface area contributed by atoms with Crippen LogP contribution in [0.5, 0.6) is 0 Å². The minimum atomic E-state index is -0.344. The van der Waals surface area contributed by atoms with Crippen LogP contribution in [0.2, 0.25) is 10.0 Å². The molecule has 0 spiro atoms. The highest BCUT2D eigenvalue weighted by Gasteiger charge is 2.22. The molecule has 1 fully saturated rings. The predicted molar refractivity (Wildman–Crippen MR) is 109 cm³/mol. The van der Waals surface area contributed by atoms with Gasteiger partial charge in [0.05, 0.1) is 17.6 Å². The molecule has 138 valence electrons. The molecule has 8 heteroatoms. The van der Waals surface area contributed by atoms with Crippen LogP contribution in [-0.2, 0) is 0 Å². The van der Waals surface area contributed by atoms with Gasteiger partial charge in [-0.3, -0.25) is 4.79 Å². The van der Waals surface area contributed by atoms with Crippen molar-refractivity contribution in [3.63, 3.8) is 0 Å². The Morgan fingerprint density at radius 1 is 0.889 bits per heavy atom. The second kappa shape index (κ2) is 7.58. The molecule has 0 aliphatic carbocycles. The Balaban J connectivity index is 1.54. The SMILES string of the molecule is O=c1c(Cl)c(N2CCN(c3ccccn3)CC2)cnn1-c1ccc(Cl)cc1. The van der Waals surface area contributed by atoms with Crippen molar-refractivity contribution in [1.82, 2.24) is 14.8 Å². The Morgan fingerprint density at radius 3 is 2.26 bits per heavy atom. The van der Waals surface area contributed by atoms with E-state index in [1.807, 2.05) is 18.2 Å². The van der Waals surface area contributed by atoms with Crippen molar-refractivity contribution in [2.24, 2.45) is 0 Å². The highest BCUT2D eigenvalue weighted by Crippen LogP contribution is 2.24. The van der Waals surface area contributed by atoms with E-state index in [0.29, 0.717) is 16.4 Å². The molecule has 1 aliphatic rings. The number of benzene rings is 1. The van der Waals surface area contributed by atoms with E-state index >= 15 is 0 Å². The summed E-state index contributed by atoms with van der Waals surface area (Å²) in [7, 11) is 0. The number of aromatic nitrogens is 3. The summed E-state index contributed by atoms with van der Waals surface area (Å²) < 4.78 is 1.28. The molecule has 4 rings (SSSR count). The zero-order valence-corrected chi connectivity index (χ0v) is 15.9. The first kappa shape index (κ1) is 17.8. The van der Waals surface area contributed by atoms with Gasteiger partial charge in [0, 0.05) is 37.4 Å². The molecule has 2 aromatic heterocycles. The van der Waals surface area contributed by atoms with Crippen LogP contribution in [0, 0.1) is 0 Å². The zero-order chi connectivity index (χ0) is 18.8. The maximum atomic E-state index is 12.7. The quantitative estimate of drug-likeness (QED) is 0.673. The number of hydrogen-bond acceptors (Lipinski definition) is 5. The van der Waals surface area contributed by atoms with Crippen molar-refractivity contribution >= 4 is 34.7 Å². The number of rotatable bonds is 3. The second-order valence-electron chi connectivity index (χ2n) is 6.20. The summed E-state index contributed by atoms with van der Waals surface area (Å²) in [5.41, 5.74) is 0.939. The molecule has 1 saturated heterocycles. The molecule has 0 unspecified atom stereocenters. The number of pyridine rings is 1. The molecule has 3 heterocycles. The van der Waals surface area contributed by atoms with Gasteiger partial charge in [-0.1, -0.05) is 29.3 Å². The van der Waals surface area contributed by atoms with Crippen molar-refractivity contribution in [2.75, 3.05) is 36.0 Å². The van der Waals surface area contributed by atoms with Crippen molar-refractivity contribution in [1.29, 1.82) is 0 Å². The molecule has 27 heavy (non-hydrogen) atoms. The van der Waals surface area contributed by atoms with Gasteiger partial charge in [-0.15, -0.1) is 0 Å². The van der Waals surface area contributed by atoms with E-state index in [1.54, 1.807) is 36.7 Å². The fraction of sp³-hybridized carbons (Fsp3) is 0.211. The Bertz CT molecular complexity index is 983. The van der Waals surface area contributed by atoms with E-state index in [1.165, 1.54) is 4.68 Å². The number of hydrogen-bond donors (Lipinski definition) is 0. The fourth-order valence-corrected chi connectivity index (χ4v) is 3.50. The van der Waals surface area contributed by atoms with Gasteiger partial charge >= 0.3 is 0 Å². The molecule has 0 amide bonds. The second-order valence-corrected chi connectivity index (χ2v) is 7.01. The van der Waals surface area contributed by atoms with Gasteiger partial charge in [-0.05, 0) is 36.4 Å². The summed E-state index contributed by atoms with van der Waals surface area (Å²) in [6.45, 7) is 3.08. The lowest BCUT2D eigenvalue weighted by Gasteiger charge is -2.36. The van der Waals surface area contributed by atoms with Crippen LogP contribution in [0.3, 0.4) is 0 Å². The highest BCUT2D eigenvalue weighted by molar-refractivity contribution is 6.33. The summed E-state index contributed by atoms with van der Waals surface area (Å²) in [5.74, 6) is 0.958. The normalized spacial score (nSPS) is 14.4. The Labute approximate surface area is 166 Å². The predicted octanol–water partition coefficient (Wildman–Crippen LogP) is 3.26. The van der Waals surface area contributed by atoms with Gasteiger partial charge in [-0.25, -0.2) is 4.98 Å². The smallest absolute Gasteiger partial charge is 0.292 e. The van der Waals surface area contributed by atoms with E-state index in [2.05, 4.69) is 19.9 Å². The third kappa shape index (κ3) is 3.63. The van der Waals surface area contributed by atoms with Crippen LogP contribution >= 0.6 is 23.2 Å². The lowest BCUT2D eigenvalue weighted by molar-refractivity contribution is 0.643. The molecule has 6 nitrogen and oxygen atoms in total. The number of piperazine rings is 1. The first-order valence-corrected chi connectivity index (χ1v) is 9.34. The minimum Gasteiger partial charge on any atom is -0.365 e. The summed E-state index contributed by atoms with van der Waals surface area (Å²) >= 11 is 12.3. The average molecular weight is 402 g/mol. The van der Waals surface area contributed by atoms with Crippen LogP contribution in [0.15, 0.2) is 59.7 Å². The van der Waals surface area contributed by atoms with Crippen LogP contribution < -0.4 is 15.4 Å². The average Bonchev–Trinajstić information content (AvgIpc) is 2.72. The Morgan fingerprint density at radius 2 is 1.59 bits per heavy atom. The van der Waals surface area contributed by atoms with E-state index in [-0.39, 0.29) is 10.6 Å². The molecule has 0 radical (unpaired) electrons. The van der Waals surface area contributed by atoms with Gasteiger partial charge in [0.2, 0.25) is 0 Å². The van der Waals surface area contributed by atoms with E-state index < -0.39 is 0 Å². The molecular weight excluding hydrogens is 385 g/mol. The van der Waals surface area contributed by atoms with Crippen LogP contribution in [0.4, 0.5) is 11.5 Å². The van der Waals surface area contributed by atoms with Crippen molar-refractivity contribution in [3.05, 3.63) is 75.3 Å². The van der Waals surface area contributed by atoms with E-state index in [0.717, 1.165) is 32.0 Å². The maximum Gasteiger partial charge on any atom is 0.292 e. The number of halogens is 2. The molecule has 0 saturated carbocycles. The molecule has 0 bridgehead atoms. The van der Waals surface area contributed by atoms with Crippen LogP contribution in [-0.4, -0.2) is 40.9 Å². The first-order chi connectivity index (χ1) is 13.1. The van der Waals surface area contributed by atoms with E-state index in [4.69, 9.17) is 23.2 Å². The van der Waals surface area contributed by atoms with E-state index in [9.17, 15) is 4.79 Å². The fourth-order valence-electron chi connectivity index (χ4n) is 3.13. The van der Waals surface area contributed by atoms with Gasteiger partial charge in [0.25, 0.3) is 5.56 Å². The van der Waals surface area contributed by atoms with Crippen LogP contribution in [0.1, 0.15) is 0 Å². The van der Waals surface area contributed by atoms with Crippen molar-refractivity contribution in [2.45, 2.75) is 0 Å². The summed E-state index contributed by atoms with van der Waals surface area (Å²) in [6.07, 6.45) is 3.44. The monoisotopic (exact) mass is 401 g/mol. The summed E-state index contributed by atoms with van der Waals surface area (Å²) in [5, 5.41) is 5.07. The van der Waals surface area contributed by atoms with Crippen molar-refractivity contribution in [3.8, 4) is 5.69 Å². The third-order valence-corrected chi connectivity index (χ3v) is 5.17. The standard InChI is InChI=1S/C19H17Cl2N5O/c20-14-4-6-15(7-5-14)26-19(27)18(21)16(13-23-26)24-9-11-25(12-10-24)17-3-1-2-8-22-17/h1-8,13H,9-12H2. The molecular formula is C19H17Cl2N5O. The molecule has 3 aromatic rings. The van der Waals surface area contributed by atoms with Gasteiger partial charge in [-0.2, -0.15) is 9.78 Å². The molecule has 1 aromatic carbocycles. The highest BCUT2D eigenvalue weighted by atomic mass is 35.5. The molecule has 0 N–H and O–H groups in total. The minimum absolute atomic E-state index is 0.172. The van der Waals surface area contributed by atoms with Crippen molar-refractivity contribution < 1.29 is 0 Å². The topological polar surface area (TPSA) is 54.3 Å². The summed E-state index contributed by atoms with van der Waals surface area (Å²) in [6, 6.07) is 12.8. The third-order valence-electron chi connectivity index (χ3n) is 4.57. The molecule has 1 aliphatic heterocycles. The molecule has 0 atom stereocenters. The lowest BCUT2D eigenvalue weighted by Crippen LogP contribution is -2.47. The first-order valence-electron chi connectivity index (χ1n) is 8.58. The Hall–Kier alpha value is -2.57. The summed E-state index contributed by atoms with van der Waals surface area (Å²) in [4.78, 5) is 21.4. The Kier molecular flexibility index (Phi) is 5.01. The lowest BCUT2D eigenvalue weighted by atomic mass is 10.2. The zero-order valence-electron chi connectivity index (χ0n) is 14.4. The van der Waals surface area contributed by atoms with Gasteiger partial charge < -0.3 is 9.80 Å². The maximum absolute atomic E-state index is 12.7. The van der Waals surface area contributed by atoms with Gasteiger partial charge in [0.1, 0.15) is 10.8 Å². The number of nitrogens with zero attached hydrogens (tertiary/aromatic N) is 5. The van der Waals surface area contributed by atoms with Crippen LogP contribution in [0.25, 0.3) is 5.69 Å². The number of anilines is 2.